The van der Waals surface area contributed by atoms with Crippen LogP contribution in [0.4, 0.5) is 0 Å². The number of aromatic nitrogens is 3. The summed E-state index contributed by atoms with van der Waals surface area (Å²) in [5, 5.41) is 18.3. The minimum atomic E-state index is -0.851. The molecule has 0 aliphatic heterocycles. The zero-order chi connectivity index (χ0) is 15.5. The number of fused-ring (bicyclic) bond motifs is 1. The Labute approximate surface area is 127 Å². The van der Waals surface area contributed by atoms with Crippen molar-refractivity contribution in [2.24, 2.45) is 0 Å². The van der Waals surface area contributed by atoms with Crippen LogP contribution >= 0.6 is 0 Å². The Bertz CT molecular complexity index is 777. The van der Waals surface area contributed by atoms with E-state index in [0.717, 1.165) is 23.7 Å². The highest BCUT2D eigenvalue weighted by atomic mass is 16.4. The molecule has 0 amide bonds. The largest absolute Gasteiger partial charge is 0.480 e. The van der Waals surface area contributed by atoms with Gasteiger partial charge in [-0.25, -0.2) is 4.79 Å². The zero-order valence-electron chi connectivity index (χ0n) is 12.3. The topological polar surface area (TPSA) is 81.1 Å². The number of carboxylic acid groups (broad SMARTS) is 1. The Balaban J connectivity index is 2.20. The van der Waals surface area contributed by atoms with Crippen molar-refractivity contribution < 1.29 is 14.3 Å². The third kappa shape index (κ3) is 2.47. The molecule has 1 aromatic carbocycles. The van der Waals surface area contributed by atoms with Crippen molar-refractivity contribution in [1.29, 1.82) is 0 Å². The van der Waals surface area contributed by atoms with Gasteiger partial charge in [-0.3, -0.25) is 0 Å². The Morgan fingerprint density at radius 2 is 2.23 bits per heavy atom. The highest BCUT2D eigenvalue weighted by Gasteiger charge is 2.25. The number of carboxylic acids is 1. The van der Waals surface area contributed by atoms with Gasteiger partial charge in [0.05, 0.1) is 0 Å². The van der Waals surface area contributed by atoms with Crippen molar-refractivity contribution in [3.05, 3.63) is 36.7 Å². The molecule has 0 fully saturated rings. The van der Waals surface area contributed by atoms with Crippen LogP contribution in [0.3, 0.4) is 0 Å². The zero-order valence-corrected chi connectivity index (χ0v) is 12.3. The van der Waals surface area contributed by atoms with Crippen molar-refractivity contribution in [3.8, 4) is 11.6 Å². The van der Waals surface area contributed by atoms with Crippen LogP contribution in [0.15, 0.2) is 41.1 Å². The lowest BCUT2D eigenvalue weighted by atomic mass is 10.1. The van der Waals surface area contributed by atoms with Gasteiger partial charge in [0.15, 0.2) is 0 Å². The second-order valence-electron chi connectivity index (χ2n) is 5.20. The van der Waals surface area contributed by atoms with E-state index in [9.17, 15) is 9.90 Å². The van der Waals surface area contributed by atoms with E-state index in [1.807, 2.05) is 37.3 Å². The maximum atomic E-state index is 11.8. The summed E-state index contributed by atoms with van der Waals surface area (Å²) in [6.07, 6.45) is 3.59. The van der Waals surface area contributed by atoms with Crippen LogP contribution in [0, 0.1) is 0 Å². The molecule has 0 aliphatic rings. The van der Waals surface area contributed by atoms with Gasteiger partial charge in [-0.05, 0) is 18.6 Å². The second kappa shape index (κ2) is 6.01. The average Bonchev–Trinajstić information content (AvgIpc) is 3.14. The summed E-state index contributed by atoms with van der Waals surface area (Å²) in [6.45, 7) is 2.05. The normalized spacial score (nSPS) is 12.6. The number of hydrogen-bond acceptors (Lipinski definition) is 4. The predicted octanol–water partition coefficient (Wildman–Crippen LogP) is 3.51. The van der Waals surface area contributed by atoms with Gasteiger partial charge >= 0.3 is 5.97 Å². The number of benzene rings is 1. The van der Waals surface area contributed by atoms with Crippen LogP contribution in [0.2, 0.25) is 0 Å². The summed E-state index contributed by atoms with van der Waals surface area (Å²) in [6, 6.07) is 8.93. The number of unbranched alkanes of at least 4 members (excludes halogenated alkanes) is 1. The minimum Gasteiger partial charge on any atom is -0.480 e. The lowest BCUT2D eigenvalue weighted by Crippen LogP contribution is -2.19. The number of para-hydroxylation sites is 1. The summed E-state index contributed by atoms with van der Waals surface area (Å²) in [5.41, 5.74) is 1.50. The Kier molecular flexibility index (Phi) is 3.91. The maximum Gasteiger partial charge on any atom is 0.326 e. The van der Waals surface area contributed by atoms with E-state index in [0.29, 0.717) is 18.0 Å². The molecule has 0 spiro atoms. The van der Waals surface area contributed by atoms with Crippen LogP contribution in [0.25, 0.3) is 22.5 Å². The highest BCUT2D eigenvalue weighted by molar-refractivity contribution is 5.88. The Hall–Kier alpha value is -2.63. The monoisotopic (exact) mass is 299 g/mol. The highest BCUT2D eigenvalue weighted by Crippen LogP contribution is 2.32. The van der Waals surface area contributed by atoms with E-state index in [4.69, 9.17) is 4.42 Å². The SMILES string of the molecule is CCCCC(C(=O)O)n1c(-c2nnco2)cc2ccccc21. The molecule has 0 radical (unpaired) electrons. The first kappa shape index (κ1) is 14.3. The Morgan fingerprint density at radius 1 is 1.41 bits per heavy atom. The molecule has 0 saturated carbocycles. The molecule has 0 bridgehead atoms. The maximum absolute atomic E-state index is 11.8. The van der Waals surface area contributed by atoms with Gasteiger partial charge in [0.2, 0.25) is 6.39 Å². The number of hydrogen-bond donors (Lipinski definition) is 1. The molecule has 1 N–H and O–H groups in total. The summed E-state index contributed by atoms with van der Waals surface area (Å²) in [7, 11) is 0. The van der Waals surface area contributed by atoms with Crippen LogP contribution < -0.4 is 0 Å². The molecule has 0 saturated heterocycles. The number of aliphatic carboxylic acids is 1. The quantitative estimate of drug-likeness (QED) is 0.753. The lowest BCUT2D eigenvalue weighted by molar-refractivity contribution is -0.141. The first-order valence-corrected chi connectivity index (χ1v) is 7.31. The lowest BCUT2D eigenvalue weighted by Gasteiger charge is -2.17. The number of rotatable bonds is 6. The van der Waals surface area contributed by atoms with Gasteiger partial charge in [-0.15, -0.1) is 10.2 Å². The molecule has 114 valence electrons. The van der Waals surface area contributed by atoms with E-state index in [1.165, 1.54) is 6.39 Å². The van der Waals surface area contributed by atoms with Crippen LogP contribution in [-0.2, 0) is 4.79 Å². The van der Waals surface area contributed by atoms with Gasteiger partial charge < -0.3 is 14.1 Å². The summed E-state index contributed by atoms with van der Waals surface area (Å²) in [4.78, 5) is 11.8. The summed E-state index contributed by atoms with van der Waals surface area (Å²) < 4.78 is 7.08. The summed E-state index contributed by atoms with van der Waals surface area (Å²) in [5.74, 6) is -0.519. The number of nitrogens with zero attached hydrogens (tertiary/aromatic N) is 3. The minimum absolute atomic E-state index is 0.332. The van der Waals surface area contributed by atoms with Crippen LogP contribution in [0.5, 0.6) is 0 Å². The van der Waals surface area contributed by atoms with Crippen molar-refractivity contribution in [1.82, 2.24) is 14.8 Å². The van der Waals surface area contributed by atoms with Gasteiger partial charge in [0, 0.05) is 10.9 Å². The van der Waals surface area contributed by atoms with Crippen molar-refractivity contribution >= 4 is 16.9 Å². The van der Waals surface area contributed by atoms with Crippen molar-refractivity contribution in [2.75, 3.05) is 0 Å². The van der Waals surface area contributed by atoms with Gasteiger partial charge in [-0.1, -0.05) is 38.0 Å². The molecule has 2 aromatic heterocycles. The third-order valence-corrected chi connectivity index (χ3v) is 3.76. The van der Waals surface area contributed by atoms with E-state index >= 15 is 0 Å². The standard InChI is InChI=1S/C16H17N3O3/c1-2-3-7-13(16(20)21)19-12-8-5-4-6-11(12)9-14(19)15-18-17-10-22-15/h4-6,8-10,13H,2-3,7H2,1H3,(H,20,21). The van der Waals surface area contributed by atoms with Gasteiger partial charge in [-0.2, -0.15) is 0 Å². The van der Waals surface area contributed by atoms with Crippen LogP contribution in [0.1, 0.15) is 32.2 Å². The van der Waals surface area contributed by atoms with Crippen molar-refractivity contribution in [2.45, 2.75) is 32.2 Å². The fourth-order valence-electron chi connectivity index (χ4n) is 2.72. The molecule has 6 heteroatoms. The molecule has 1 unspecified atom stereocenters. The molecule has 1 atom stereocenters. The summed E-state index contributed by atoms with van der Waals surface area (Å²) >= 11 is 0. The second-order valence-corrected chi connectivity index (χ2v) is 5.20. The molecule has 2 heterocycles. The first-order chi connectivity index (χ1) is 10.7. The number of carbonyl (C=O) groups is 1. The smallest absolute Gasteiger partial charge is 0.326 e. The average molecular weight is 299 g/mol. The van der Waals surface area contributed by atoms with E-state index in [-0.39, 0.29) is 0 Å². The molecule has 3 rings (SSSR count). The molecular formula is C16H17N3O3. The van der Waals surface area contributed by atoms with Gasteiger partial charge in [0.25, 0.3) is 5.89 Å². The first-order valence-electron chi connectivity index (χ1n) is 7.31. The molecule has 0 aliphatic carbocycles. The van der Waals surface area contributed by atoms with E-state index in [2.05, 4.69) is 10.2 Å². The molecular weight excluding hydrogens is 282 g/mol. The van der Waals surface area contributed by atoms with E-state index in [1.54, 1.807) is 4.57 Å². The van der Waals surface area contributed by atoms with Gasteiger partial charge in [0.1, 0.15) is 11.7 Å². The predicted molar refractivity (Wildman–Crippen MR) is 81.4 cm³/mol. The molecule has 22 heavy (non-hydrogen) atoms. The fourth-order valence-corrected chi connectivity index (χ4v) is 2.72. The molecule has 3 aromatic rings. The molecule has 6 nitrogen and oxygen atoms in total. The fraction of sp³-hybridized carbons (Fsp3) is 0.312. The Morgan fingerprint density at radius 3 is 2.91 bits per heavy atom. The van der Waals surface area contributed by atoms with Crippen LogP contribution in [-0.4, -0.2) is 25.8 Å². The third-order valence-electron chi connectivity index (χ3n) is 3.76. The van der Waals surface area contributed by atoms with Crippen molar-refractivity contribution in [3.63, 3.8) is 0 Å². The van der Waals surface area contributed by atoms with E-state index < -0.39 is 12.0 Å².